The third-order valence-electron chi connectivity index (χ3n) is 3.36. The highest BCUT2D eigenvalue weighted by Crippen LogP contribution is 2.20. The second kappa shape index (κ2) is 8.23. The average molecular weight is 318 g/mol. The number of rotatable bonds is 8. The summed E-state index contributed by atoms with van der Waals surface area (Å²) < 4.78 is 0. The molecule has 8 heteroatoms. The summed E-state index contributed by atoms with van der Waals surface area (Å²) in [4.78, 5) is 24.8. The van der Waals surface area contributed by atoms with Gasteiger partial charge >= 0.3 is 0 Å². The highest BCUT2D eigenvalue weighted by atomic mass is 16.3. The van der Waals surface area contributed by atoms with Crippen LogP contribution in [0, 0.1) is 0 Å². The van der Waals surface area contributed by atoms with Gasteiger partial charge in [0, 0.05) is 12.7 Å². The minimum Gasteiger partial charge on any atom is -0.395 e. The Labute approximate surface area is 134 Å². The van der Waals surface area contributed by atoms with Crippen LogP contribution >= 0.6 is 0 Å². The molecule has 124 valence electrons. The molecule has 0 radical (unpaired) electrons. The van der Waals surface area contributed by atoms with Crippen LogP contribution in [0.5, 0.6) is 0 Å². The van der Waals surface area contributed by atoms with Crippen molar-refractivity contribution in [3.05, 3.63) is 18.3 Å². The van der Waals surface area contributed by atoms with E-state index in [2.05, 4.69) is 32.5 Å². The van der Waals surface area contributed by atoms with Crippen LogP contribution in [0.15, 0.2) is 18.3 Å². The molecule has 0 saturated carbocycles. The smallest absolute Gasteiger partial charge is 0.242 e. The van der Waals surface area contributed by atoms with Gasteiger partial charge in [0.25, 0.3) is 0 Å². The van der Waals surface area contributed by atoms with Crippen LogP contribution in [0.3, 0.4) is 0 Å². The average Bonchev–Trinajstić information content (AvgIpc) is 2.56. The fourth-order valence-corrected chi connectivity index (χ4v) is 2.23. The molecule has 2 aromatic rings. The number of amides is 1. The number of nitrogens with two attached hydrogens (primary N) is 1. The predicted molar refractivity (Wildman–Crippen MR) is 88.8 cm³/mol. The van der Waals surface area contributed by atoms with Gasteiger partial charge in [-0.05, 0) is 18.6 Å². The predicted octanol–water partition coefficient (Wildman–Crippen LogP) is 0.686. The Morgan fingerprint density at radius 2 is 2.26 bits per heavy atom. The molecule has 0 aromatic carbocycles. The molecule has 1 atom stereocenters. The number of pyridine rings is 1. The van der Waals surface area contributed by atoms with E-state index >= 15 is 0 Å². The molecule has 2 rings (SSSR count). The first-order valence-electron chi connectivity index (χ1n) is 7.69. The number of unbranched alkanes of at least 4 members (excludes halogenated alkanes) is 1. The van der Waals surface area contributed by atoms with Crippen molar-refractivity contribution in [2.45, 2.75) is 32.2 Å². The number of aromatic nitrogens is 3. The Hall–Kier alpha value is -2.48. The zero-order valence-corrected chi connectivity index (χ0v) is 13.1. The largest absolute Gasteiger partial charge is 0.395 e. The second-order valence-electron chi connectivity index (χ2n) is 5.16. The number of aliphatic hydroxyl groups excluding tert-OH is 1. The van der Waals surface area contributed by atoms with E-state index in [0.29, 0.717) is 23.3 Å². The van der Waals surface area contributed by atoms with Gasteiger partial charge in [0.1, 0.15) is 11.6 Å². The van der Waals surface area contributed by atoms with Crippen LogP contribution in [-0.4, -0.2) is 45.2 Å². The van der Waals surface area contributed by atoms with Gasteiger partial charge in [0.15, 0.2) is 5.82 Å². The first-order chi connectivity index (χ1) is 11.2. The summed E-state index contributed by atoms with van der Waals surface area (Å²) in [5, 5.41) is 14.7. The first-order valence-corrected chi connectivity index (χ1v) is 7.69. The van der Waals surface area contributed by atoms with Gasteiger partial charge in [0.05, 0.1) is 12.1 Å². The monoisotopic (exact) mass is 318 g/mol. The molecule has 0 spiro atoms. The lowest BCUT2D eigenvalue weighted by Gasteiger charge is -2.19. The van der Waals surface area contributed by atoms with Crippen LogP contribution < -0.4 is 16.4 Å². The van der Waals surface area contributed by atoms with Crippen LogP contribution in [0.1, 0.15) is 26.2 Å². The summed E-state index contributed by atoms with van der Waals surface area (Å²) in [6, 6.07) is 3.08. The molecule has 0 saturated heterocycles. The SMILES string of the molecule is CCCCC(Nc1nc(N)nc2cccnc12)C(=O)NCCO. The quantitative estimate of drug-likeness (QED) is 0.564. The lowest BCUT2D eigenvalue weighted by molar-refractivity contribution is -0.122. The van der Waals surface area contributed by atoms with Crippen LogP contribution in [-0.2, 0) is 4.79 Å². The summed E-state index contributed by atoms with van der Waals surface area (Å²) in [6.45, 7) is 2.17. The number of aliphatic hydroxyl groups is 1. The normalized spacial score (nSPS) is 12.1. The number of hydrogen-bond acceptors (Lipinski definition) is 7. The molecule has 0 aliphatic rings. The van der Waals surface area contributed by atoms with Gasteiger partial charge in [-0.1, -0.05) is 19.8 Å². The second-order valence-corrected chi connectivity index (χ2v) is 5.16. The maximum Gasteiger partial charge on any atom is 0.242 e. The third kappa shape index (κ3) is 4.49. The number of nitrogens with one attached hydrogen (secondary N) is 2. The molecular formula is C15H22N6O2. The topological polar surface area (TPSA) is 126 Å². The van der Waals surface area contributed by atoms with Gasteiger partial charge in [-0.15, -0.1) is 0 Å². The fraction of sp³-hybridized carbons (Fsp3) is 0.467. The highest BCUT2D eigenvalue weighted by Gasteiger charge is 2.20. The molecule has 23 heavy (non-hydrogen) atoms. The van der Waals surface area contributed by atoms with Gasteiger partial charge in [0.2, 0.25) is 11.9 Å². The van der Waals surface area contributed by atoms with E-state index in [1.54, 1.807) is 18.3 Å². The molecule has 2 aromatic heterocycles. The van der Waals surface area contributed by atoms with Gasteiger partial charge in [-0.25, -0.2) is 4.98 Å². The summed E-state index contributed by atoms with van der Waals surface area (Å²) in [6.07, 6.45) is 4.14. The number of fused-ring (bicyclic) bond motifs is 1. The molecular weight excluding hydrogens is 296 g/mol. The Morgan fingerprint density at radius 1 is 1.43 bits per heavy atom. The maximum atomic E-state index is 12.3. The van der Waals surface area contributed by atoms with Crippen molar-refractivity contribution in [1.82, 2.24) is 20.3 Å². The minimum absolute atomic E-state index is 0.100. The first kappa shape index (κ1) is 16.9. The van der Waals surface area contributed by atoms with Crippen molar-refractivity contribution in [2.24, 2.45) is 0 Å². The molecule has 1 amide bonds. The molecule has 0 aliphatic carbocycles. The van der Waals surface area contributed by atoms with Crippen molar-refractivity contribution in [3.63, 3.8) is 0 Å². The Bertz CT molecular complexity index is 663. The number of anilines is 2. The number of hydrogen-bond donors (Lipinski definition) is 4. The molecule has 8 nitrogen and oxygen atoms in total. The highest BCUT2D eigenvalue weighted by molar-refractivity contribution is 5.90. The van der Waals surface area contributed by atoms with E-state index in [0.717, 1.165) is 12.8 Å². The van der Waals surface area contributed by atoms with E-state index in [4.69, 9.17) is 10.8 Å². The van der Waals surface area contributed by atoms with Gasteiger partial charge < -0.3 is 21.5 Å². The molecule has 0 bridgehead atoms. The van der Waals surface area contributed by atoms with Gasteiger partial charge in [-0.2, -0.15) is 4.98 Å². The molecule has 5 N–H and O–H groups in total. The third-order valence-corrected chi connectivity index (χ3v) is 3.36. The van der Waals surface area contributed by atoms with E-state index < -0.39 is 6.04 Å². The zero-order valence-electron chi connectivity index (χ0n) is 13.1. The van der Waals surface area contributed by atoms with E-state index in [9.17, 15) is 4.79 Å². The molecule has 0 aliphatic heterocycles. The lowest BCUT2D eigenvalue weighted by Crippen LogP contribution is -2.41. The number of carbonyl (C=O) groups is 1. The Morgan fingerprint density at radius 3 is 3.00 bits per heavy atom. The van der Waals surface area contributed by atoms with E-state index in [1.807, 2.05) is 0 Å². The fourth-order valence-electron chi connectivity index (χ4n) is 2.23. The minimum atomic E-state index is -0.471. The maximum absolute atomic E-state index is 12.3. The van der Waals surface area contributed by atoms with Gasteiger partial charge in [-0.3, -0.25) is 9.78 Å². The number of nitrogens with zero attached hydrogens (tertiary/aromatic N) is 3. The van der Waals surface area contributed by atoms with Crippen molar-refractivity contribution in [3.8, 4) is 0 Å². The van der Waals surface area contributed by atoms with Crippen molar-refractivity contribution in [1.29, 1.82) is 0 Å². The van der Waals surface area contributed by atoms with Crippen molar-refractivity contribution in [2.75, 3.05) is 24.2 Å². The standard InChI is InChI=1S/C15H22N6O2/c1-2-3-5-11(14(23)18-8-9-22)19-13-12-10(6-4-7-17-12)20-15(16)21-13/h4,6-7,11,22H,2-3,5,8-9H2,1H3,(H,18,23)(H3,16,19,20,21). The van der Waals surface area contributed by atoms with E-state index in [1.165, 1.54) is 0 Å². The lowest BCUT2D eigenvalue weighted by atomic mass is 10.1. The van der Waals surface area contributed by atoms with Crippen molar-refractivity contribution < 1.29 is 9.90 Å². The summed E-state index contributed by atoms with van der Waals surface area (Å²) in [5.74, 6) is 0.375. The van der Waals surface area contributed by atoms with Crippen molar-refractivity contribution >= 4 is 28.7 Å². The Kier molecular flexibility index (Phi) is 6.04. The molecule has 0 fully saturated rings. The number of nitrogen functional groups attached to an aromatic ring is 1. The number of carbonyl (C=O) groups excluding carboxylic acids is 1. The molecule has 2 heterocycles. The summed E-state index contributed by atoms with van der Waals surface area (Å²) >= 11 is 0. The van der Waals surface area contributed by atoms with Crippen LogP contribution in [0.4, 0.5) is 11.8 Å². The van der Waals surface area contributed by atoms with E-state index in [-0.39, 0.29) is 25.0 Å². The summed E-state index contributed by atoms with van der Waals surface area (Å²) in [5.41, 5.74) is 6.92. The molecule has 1 unspecified atom stereocenters. The van der Waals surface area contributed by atoms with Crippen LogP contribution in [0.25, 0.3) is 11.0 Å². The van der Waals surface area contributed by atoms with Crippen LogP contribution in [0.2, 0.25) is 0 Å². The zero-order chi connectivity index (χ0) is 16.7. The summed E-state index contributed by atoms with van der Waals surface area (Å²) in [7, 11) is 0. The Balaban J connectivity index is 2.26.